The highest BCUT2D eigenvalue weighted by atomic mass is 16.5. The summed E-state index contributed by atoms with van der Waals surface area (Å²) < 4.78 is 10.1. The van der Waals surface area contributed by atoms with E-state index in [9.17, 15) is 9.59 Å². The van der Waals surface area contributed by atoms with Gasteiger partial charge in [0.05, 0.1) is 6.61 Å². The first-order valence-corrected chi connectivity index (χ1v) is 7.86. The molecule has 4 heteroatoms. The summed E-state index contributed by atoms with van der Waals surface area (Å²) in [7, 11) is 0. The molecular weight excluding hydrogens is 316 g/mol. The number of ether oxygens (including phenoxy) is 2. The molecule has 0 spiro atoms. The quantitative estimate of drug-likeness (QED) is 0.434. The minimum Gasteiger partial charge on any atom is -0.462 e. The summed E-state index contributed by atoms with van der Waals surface area (Å²) in [6.45, 7) is 8.86. The van der Waals surface area contributed by atoms with Crippen molar-refractivity contribution < 1.29 is 19.1 Å². The van der Waals surface area contributed by atoms with Gasteiger partial charge in [0.1, 0.15) is 5.75 Å². The van der Waals surface area contributed by atoms with E-state index < -0.39 is 5.97 Å². The lowest BCUT2D eigenvalue weighted by atomic mass is 10.0. The van der Waals surface area contributed by atoms with Gasteiger partial charge in [0.15, 0.2) is 0 Å². The summed E-state index contributed by atoms with van der Waals surface area (Å²) in [4.78, 5) is 22.5. The number of hydrogen-bond acceptors (Lipinski definition) is 4. The average Bonchev–Trinajstić information content (AvgIpc) is 2.62. The van der Waals surface area contributed by atoms with Crippen LogP contribution in [0.1, 0.15) is 12.5 Å². The van der Waals surface area contributed by atoms with Gasteiger partial charge in [-0.05, 0) is 35.7 Å². The van der Waals surface area contributed by atoms with E-state index >= 15 is 0 Å². The van der Waals surface area contributed by atoms with Gasteiger partial charge in [0.2, 0.25) is 0 Å². The molecule has 0 aliphatic rings. The molecule has 0 fully saturated rings. The molecule has 0 amide bonds. The second-order valence-electron chi connectivity index (χ2n) is 5.51. The van der Waals surface area contributed by atoms with Gasteiger partial charge in [-0.1, -0.05) is 49.6 Å². The Hall–Kier alpha value is -3.14. The first-order valence-electron chi connectivity index (χ1n) is 7.86. The number of carbonyl (C=O) groups excluding carboxylic acids is 2. The topological polar surface area (TPSA) is 52.6 Å². The molecule has 0 aliphatic heterocycles. The molecule has 0 heterocycles. The monoisotopic (exact) mass is 336 g/mol. The fraction of sp³-hybridized carbons (Fsp3) is 0.143. The molecule has 128 valence electrons. The normalized spacial score (nSPS) is 9.96. The zero-order valence-corrected chi connectivity index (χ0v) is 14.2. The van der Waals surface area contributed by atoms with Crippen molar-refractivity contribution in [1.82, 2.24) is 0 Å². The molecule has 2 rings (SSSR count). The van der Waals surface area contributed by atoms with E-state index in [4.69, 9.17) is 9.47 Å². The van der Waals surface area contributed by atoms with E-state index in [0.29, 0.717) is 24.4 Å². The third-order valence-corrected chi connectivity index (χ3v) is 3.50. The maximum absolute atomic E-state index is 11.3. The maximum Gasteiger partial charge on any atom is 0.335 e. The van der Waals surface area contributed by atoms with E-state index in [2.05, 4.69) is 13.2 Å². The van der Waals surface area contributed by atoms with Crippen LogP contribution in [0.15, 0.2) is 73.3 Å². The molecule has 0 bridgehead atoms. The first-order chi connectivity index (χ1) is 12.0. The summed E-state index contributed by atoms with van der Waals surface area (Å²) in [5, 5.41) is 0. The molecule has 0 saturated heterocycles. The van der Waals surface area contributed by atoms with Gasteiger partial charge in [-0.25, -0.2) is 9.59 Å². The van der Waals surface area contributed by atoms with Crippen molar-refractivity contribution in [3.05, 3.63) is 78.9 Å². The van der Waals surface area contributed by atoms with Crippen molar-refractivity contribution in [2.75, 3.05) is 6.61 Å². The largest absolute Gasteiger partial charge is 0.462 e. The molecule has 25 heavy (non-hydrogen) atoms. The average molecular weight is 336 g/mol. The van der Waals surface area contributed by atoms with Crippen LogP contribution in [0.5, 0.6) is 5.75 Å². The molecule has 0 saturated carbocycles. The zero-order valence-electron chi connectivity index (χ0n) is 14.2. The van der Waals surface area contributed by atoms with Crippen LogP contribution in [0.4, 0.5) is 0 Å². The molecule has 0 N–H and O–H groups in total. The summed E-state index contributed by atoms with van der Waals surface area (Å²) in [6, 6.07) is 15.2. The van der Waals surface area contributed by atoms with Gasteiger partial charge in [-0.3, -0.25) is 0 Å². The van der Waals surface area contributed by atoms with Crippen LogP contribution in [0.3, 0.4) is 0 Å². The molecule has 4 nitrogen and oxygen atoms in total. The highest BCUT2D eigenvalue weighted by Gasteiger charge is 2.04. The SMILES string of the molecule is C=CC(=O)Oc1ccc(-c2ccc(CCOC(=O)C(=C)C)cc2)cc1. The Kier molecular flexibility index (Phi) is 6.29. The lowest BCUT2D eigenvalue weighted by Gasteiger charge is -2.07. The Morgan fingerprint density at radius 1 is 1.00 bits per heavy atom. The summed E-state index contributed by atoms with van der Waals surface area (Å²) >= 11 is 0. The summed E-state index contributed by atoms with van der Waals surface area (Å²) in [5.41, 5.74) is 3.54. The second-order valence-corrected chi connectivity index (χ2v) is 5.51. The van der Waals surface area contributed by atoms with Gasteiger partial charge in [0.25, 0.3) is 0 Å². The Morgan fingerprint density at radius 3 is 2.08 bits per heavy atom. The van der Waals surface area contributed by atoms with Crippen LogP contribution in [0, 0.1) is 0 Å². The lowest BCUT2D eigenvalue weighted by molar-refractivity contribution is -0.138. The Labute approximate surface area is 147 Å². The van der Waals surface area contributed by atoms with Crippen molar-refractivity contribution in [2.45, 2.75) is 13.3 Å². The Balaban J connectivity index is 1.95. The molecule has 0 radical (unpaired) electrons. The van der Waals surface area contributed by atoms with Gasteiger partial charge in [-0.15, -0.1) is 0 Å². The predicted octanol–water partition coefficient (Wildman–Crippen LogP) is 4.11. The fourth-order valence-corrected chi connectivity index (χ4v) is 2.12. The van der Waals surface area contributed by atoms with Crippen LogP contribution in [0.2, 0.25) is 0 Å². The van der Waals surface area contributed by atoms with Crippen LogP contribution < -0.4 is 4.74 Å². The van der Waals surface area contributed by atoms with Crippen molar-refractivity contribution in [1.29, 1.82) is 0 Å². The van der Waals surface area contributed by atoms with Gasteiger partial charge >= 0.3 is 11.9 Å². The molecule has 2 aromatic rings. The predicted molar refractivity (Wildman–Crippen MR) is 97.2 cm³/mol. The minimum atomic E-state index is -0.482. The Morgan fingerprint density at radius 2 is 1.56 bits per heavy atom. The molecule has 0 aliphatic carbocycles. The number of hydrogen-bond donors (Lipinski definition) is 0. The maximum atomic E-state index is 11.3. The fourth-order valence-electron chi connectivity index (χ4n) is 2.12. The molecule has 0 aromatic heterocycles. The van der Waals surface area contributed by atoms with Crippen LogP contribution in [0.25, 0.3) is 11.1 Å². The Bertz CT molecular complexity index is 771. The van der Waals surface area contributed by atoms with E-state index in [1.54, 1.807) is 19.1 Å². The third kappa shape index (κ3) is 5.46. The number of benzene rings is 2. The molecule has 0 atom stereocenters. The highest BCUT2D eigenvalue weighted by molar-refractivity contribution is 5.86. The summed E-state index contributed by atoms with van der Waals surface area (Å²) in [5.74, 6) is -0.372. The van der Waals surface area contributed by atoms with Gasteiger partial charge < -0.3 is 9.47 Å². The zero-order chi connectivity index (χ0) is 18.2. The number of carbonyl (C=O) groups is 2. The number of rotatable bonds is 7. The van der Waals surface area contributed by atoms with E-state index in [1.165, 1.54) is 0 Å². The second kappa shape index (κ2) is 8.64. The van der Waals surface area contributed by atoms with Gasteiger partial charge in [0, 0.05) is 18.1 Å². The van der Waals surface area contributed by atoms with Gasteiger partial charge in [-0.2, -0.15) is 0 Å². The molecule has 2 aromatic carbocycles. The van der Waals surface area contributed by atoms with Crippen LogP contribution in [-0.2, 0) is 20.7 Å². The standard InChI is InChI=1S/C21H20O4/c1-4-20(22)25-19-11-9-18(10-12-19)17-7-5-16(6-8-17)13-14-24-21(23)15(2)3/h4-12H,1-2,13-14H2,3H3. The van der Waals surface area contributed by atoms with E-state index in [1.807, 2.05) is 36.4 Å². The smallest absolute Gasteiger partial charge is 0.335 e. The van der Waals surface area contributed by atoms with Crippen molar-refractivity contribution in [3.63, 3.8) is 0 Å². The minimum absolute atomic E-state index is 0.328. The van der Waals surface area contributed by atoms with Crippen LogP contribution >= 0.6 is 0 Å². The van der Waals surface area contributed by atoms with E-state index in [-0.39, 0.29) is 5.97 Å². The third-order valence-electron chi connectivity index (χ3n) is 3.50. The van der Waals surface area contributed by atoms with E-state index in [0.717, 1.165) is 22.8 Å². The molecule has 0 unspecified atom stereocenters. The van der Waals surface area contributed by atoms with Crippen LogP contribution in [-0.4, -0.2) is 18.5 Å². The lowest BCUT2D eigenvalue weighted by Crippen LogP contribution is -2.07. The van der Waals surface area contributed by atoms with Crippen molar-refractivity contribution in [3.8, 4) is 16.9 Å². The first kappa shape index (κ1) is 18.2. The van der Waals surface area contributed by atoms with Crippen molar-refractivity contribution in [2.24, 2.45) is 0 Å². The summed E-state index contributed by atoms with van der Waals surface area (Å²) in [6.07, 6.45) is 1.77. The number of esters is 2. The molecular formula is C21H20O4. The highest BCUT2D eigenvalue weighted by Crippen LogP contribution is 2.23. The van der Waals surface area contributed by atoms with Crippen molar-refractivity contribution >= 4 is 11.9 Å².